The smallest absolute Gasteiger partial charge is 0.238 e. The van der Waals surface area contributed by atoms with Gasteiger partial charge in [0.05, 0.1) is 18.3 Å². The number of amides is 1. The number of nitrogens with zero attached hydrogens (tertiary/aromatic N) is 2. The number of halogens is 2. The zero-order valence-electron chi connectivity index (χ0n) is 14.7. The SMILES string of the molecule is Cc1nc(CN2CCC(CNC(=O)C3CSCN3)CC2)oc1C.Cl.Cl. The van der Waals surface area contributed by atoms with Gasteiger partial charge in [0.2, 0.25) is 11.8 Å². The standard InChI is InChI=1S/C16H26N4O2S.2ClH/c1-11-12(2)22-15(19-11)8-20-5-3-13(4-6-20)7-17-16(21)14-9-23-10-18-14;;/h13-14,18H,3-10H2,1-2H3,(H,17,21);2*1H. The van der Waals surface area contributed by atoms with Crippen LogP contribution in [0.25, 0.3) is 0 Å². The Labute approximate surface area is 166 Å². The summed E-state index contributed by atoms with van der Waals surface area (Å²) < 4.78 is 5.66. The maximum absolute atomic E-state index is 12.0. The van der Waals surface area contributed by atoms with Crippen molar-refractivity contribution in [2.24, 2.45) is 5.92 Å². The molecule has 2 fully saturated rings. The molecule has 0 bridgehead atoms. The predicted octanol–water partition coefficient (Wildman–Crippen LogP) is 2.13. The largest absolute Gasteiger partial charge is 0.444 e. The van der Waals surface area contributed by atoms with Crippen LogP contribution in [0.5, 0.6) is 0 Å². The molecule has 2 N–H and O–H groups in total. The molecule has 1 amide bonds. The first-order valence-corrected chi connectivity index (χ1v) is 9.51. The molecule has 9 heteroatoms. The number of hydrogen-bond donors (Lipinski definition) is 2. The van der Waals surface area contributed by atoms with E-state index in [0.29, 0.717) is 5.92 Å². The van der Waals surface area contributed by atoms with Crippen LogP contribution in [0, 0.1) is 19.8 Å². The van der Waals surface area contributed by atoms with Gasteiger partial charge in [0, 0.05) is 18.2 Å². The van der Waals surface area contributed by atoms with Crippen LogP contribution < -0.4 is 10.6 Å². The number of thioether (sulfide) groups is 1. The van der Waals surface area contributed by atoms with Gasteiger partial charge in [0.25, 0.3) is 0 Å². The average molecular weight is 411 g/mol. The van der Waals surface area contributed by atoms with Crippen molar-refractivity contribution in [3.8, 4) is 0 Å². The van der Waals surface area contributed by atoms with Gasteiger partial charge in [-0.1, -0.05) is 0 Å². The van der Waals surface area contributed by atoms with Crippen molar-refractivity contribution in [3.63, 3.8) is 0 Å². The Morgan fingerprint density at radius 1 is 1.36 bits per heavy atom. The van der Waals surface area contributed by atoms with Crippen LogP contribution in [-0.2, 0) is 11.3 Å². The van der Waals surface area contributed by atoms with Crippen molar-refractivity contribution in [1.82, 2.24) is 20.5 Å². The molecule has 1 unspecified atom stereocenters. The van der Waals surface area contributed by atoms with Crippen LogP contribution in [0.15, 0.2) is 4.42 Å². The molecule has 3 rings (SSSR count). The lowest BCUT2D eigenvalue weighted by atomic mass is 9.96. The first kappa shape index (κ1) is 22.6. The summed E-state index contributed by atoms with van der Waals surface area (Å²) in [6.45, 7) is 7.61. The summed E-state index contributed by atoms with van der Waals surface area (Å²) >= 11 is 1.78. The molecule has 6 nitrogen and oxygen atoms in total. The Balaban J connectivity index is 0.00000156. The van der Waals surface area contributed by atoms with E-state index in [0.717, 1.165) is 68.0 Å². The lowest BCUT2D eigenvalue weighted by Crippen LogP contribution is -2.45. The molecule has 25 heavy (non-hydrogen) atoms. The molecule has 0 spiro atoms. The van der Waals surface area contributed by atoms with Crippen molar-refractivity contribution in [1.29, 1.82) is 0 Å². The fourth-order valence-corrected chi connectivity index (χ4v) is 4.02. The molecular weight excluding hydrogens is 383 g/mol. The number of hydrogen-bond acceptors (Lipinski definition) is 6. The number of nitrogens with one attached hydrogen (secondary N) is 2. The minimum Gasteiger partial charge on any atom is -0.444 e. The Morgan fingerprint density at radius 3 is 2.64 bits per heavy atom. The predicted molar refractivity (Wildman–Crippen MR) is 106 cm³/mol. The molecule has 2 saturated heterocycles. The molecule has 1 aromatic rings. The molecule has 0 saturated carbocycles. The van der Waals surface area contributed by atoms with Crippen LogP contribution in [-0.4, -0.2) is 53.1 Å². The van der Waals surface area contributed by atoms with Gasteiger partial charge in [-0.05, 0) is 45.7 Å². The van der Waals surface area contributed by atoms with E-state index in [1.165, 1.54) is 0 Å². The summed E-state index contributed by atoms with van der Waals surface area (Å²) in [6, 6.07) is -0.00315. The first-order chi connectivity index (χ1) is 11.1. The highest BCUT2D eigenvalue weighted by Crippen LogP contribution is 2.19. The van der Waals surface area contributed by atoms with Crippen LogP contribution in [0.3, 0.4) is 0 Å². The third kappa shape index (κ3) is 6.32. The van der Waals surface area contributed by atoms with Crippen molar-refractivity contribution in [2.45, 2.75) is 39.3 Å². The van der Waals surface area contributed by atoms with Crippen molar-refractivity contribution < 1.29 is 9.21 Å². The molecule has 0 aromatic carbocycles. The van der Waals surface area contributed by atoms with E-state index in [1.807, 2.05) is 13.8 Å². The molecule has 1 aromatic heterocycles. The third-order valence-electron chi connectivity index (χ3n) is 4.74. The van der Waals surface area contributed by atoms with Crippen LogP contribution in [0.1, 0.15) is 30.2 Å². The monoisotopic (exact) mass is 410 g/mol. The fraction of sp³-hybridized carbons (Fsp3) is 0.750. The summed E-state index contributed by atoms with van der Waals surface area (Å²) in [5.41, 5.74) is 0.983. The average Bonchev–Trinajstić information content (AvgIpc) is 3.17. The number of aryl methyl sites for hydroxylation is 2. The maximum atomic E-state index is 12.0. The number of likely N-dealkylation sites (tertiary alicyclic amines) is 1. The second-order valence-electron chi connectivity index (χ2n) is 6.49. The number of carbonyl (C=O) groups excluding carboxylic acids is 1. The minimum absolute atomic E-state index is 0. The van der Waals surface area contributed by atoms with Gasteiger partial charge in [-0.3, -0.25) is 15.0 Å². The maximum Gasteiger partial charge on any atom is 0.238 e. The van der Waals surface area contributed by atoms with E-state index in [-0.39, 0.29) is 36.8 Å². The summed E-state index contributed by atoms with van der Waals surface area (Å²) in [6.07, 6.45) is 2.23. The topological polar surface area (TPSA) is 70.4 Å². The number of piperidine rings is 1. The molecule has 144 valence electrons. The lowest BCUT2D eigenvalue weighted by Gasteiger charge is -2.31. The third-order valence-corrected chi connectivity index (χ3v) is 5.68. The normalized spacial score (nSPS) is 21.4. The van der Waals surface area contributed by atoms with E-state index in [1.54, 1.807) is 11.8 Å². The van der Waals surface area contributed by atoms with E-state index in [2.05, 4.69) is 20.5 Å². The first-order valence-electron chi connectivity index (χ1n) is 8.36. The van der Waals surface area contributed by atoms with Gasteiger partial charge < -0.3 is 9.73 Å². The summed E-state index contributed by atoms with van der Waals surface area (Å²) in [5, 5.41) is 6.32. The Hall–Kier alpha value is -0.470. The highest BCUT2D eigenvalue weighted by Gasteiger charge is 2.25. The molecule has 3 heterocycles. The molecule has 0 aliphatic carbocycles. The Morgan fingerprint density at radius 2 is 2.08 bits per heavy atom. The second-order valence-corrected chi connectivity index (χ2v) is 7.52. The Bertz CT molecular complexity index is 525. The highest BCUT2D eigenvalue weighted by molar-refractivity contribution is 7.99. The number of aromatic nitrogens is 1. The molecule has 1 atom stereocenters. The van der Waals surface area contributed by atoms with E-state index >= 15 is 0 Å². The number of oxazole rings is 1. The van der Waals surface area contributed by atoms with Crippen LogP contribution >= 0.6 is 36.6 Å². The van der Waals surface area contributed by atoms with Gasteiger partial charge in [-0.15, -0.1) is 36.6 Å². The summed E-state index contributed by atoms with van der Waals surface area (Å²) in [4.78, 5) is 18.8. The zero-order valence-corrected chi connectivity index (χ0v) is 17.2. The Kier molecular flexibility index (Phi) is 9.59. The molecule has 2 aliphatic rings. The van der Waals surface area contributed by atoms with Gasteiger partial charge in [0.1, 0.15) is 5.76 Å². The van der Waals surface area contributed by atoms with Gasteiger partial charge >= 0.3 is 0 Å². The lowest BCUT2D eigenvalue weighted by molar-refractivity contribution is -0.122. The van der Waals surface area contributed by atoms with Crippen LogP contribution in [0.2, 0.25) is 0 Å². The highest BCUT2D eigenvalue weighted by atomic mass is 35.5. The number of rotatable bonds is 5. The van der Waals surface area contributed by atoms with Crippen molar-refractivity contribution in [3.05, 3.63) is 17.3 Å². The summed E-state index contributed by atoms with van der Waals surface area (Å²) in [5.74, 6) is 4.24. The second kappa shape index (κ2) is 10.6. The molecule has 2 aliphatic heterocycles. The fourth-order valence-electron chi connectivity index (χ4n) is 3.08. The van der Waals surface area contributed by atoms with Gasteiger partial charge in [-0.25, -0.2) is 4.98 Å². The van der Waals surface area contributed by atoms with Crippen molar-refractivity contribution in [2.75, 3.05) is 31.3 Å². The number of carbonyl (C=O) groups is 1. The van der Waals surface area contributed by atoms with E-state index in [4.69, 9.17) is 4.42 Å². The quantitative estimate of drug-likeness (QED) is 0.774. The minimum atomic E-state index is -0.00315. The van der Waals surface area contributed by atoms with Gasteiger partial charge in [0.15, 0.2) is 0 Å². The summed E-state index contributed by atoms with van der Waals surface area (Å²) in [7, 11) is 0. The van der Waals surface area contributed by atoms with E-state index < -0.39 is 0 Å². The van der Waals surface area contributed by atoms with Crippen LogP contribution in [0.4, 0.5) is 0 Å². The van der Waals surface area contributed by atoms with Crippen molar-refractivity contribution >= 4 is 42.5 Å². The van der Waals surface area contributed by atoms with Gasteiger partial charge in [-0.2, -0.15) is 0 Å². The zero-order chi connectivity index (χ0) is 16.2. The van der Waals surface area contributed by atoms with E-state index in [9.17, 15) is 4.79 Å². The molecule has 0 radical (unpaired) electrons. The molecular formula is C16H28Cl2N4O2S.